The SMILES string of the molecule is CC(C)CCCCCCCCCCCCCCCCCCC(=O)O[C@H](COC(=O)CCCCCCCCCC(C)C)COP(=O)(O)OCC(O)COP(=O)(O)OC[C@@H](COC(=O)CCCCCCCCCCCCCCCCC(C)C)OC(=O)CCCCCCCCCC(C)C. The Kier molecular flexibility index (Phi) is 65.0. The molecule has 0 aromatic carbocycles. The third-order valence-electron chi connectivity index (χ3n) is 17.8. The number of carbonyl (C=O) groups excluding carboxylic acids is 4. The van der Waals surface area contributed by atoms with Crippen LogP contribution in [0.15, 0.2) is 0 Å². The molecule has 0 aromatic heterocycles. The van der Waals surface area contributed by atoms with E-state index in [9.17, 15) is 43.2 Å². The van der Waals surface area contributed by atoms with E-state index >= 15 is 0 Å². The zero-order valence-corrected chi connectivity index (χ0v) is 64.8. The summed E-state index contributed by atoms with van der Waals surface area (Å²) in [6.07, 6.45) is 51.6. The Morgan fingerprint density at radius 1 is 0.260 bits per heavy atom. The maximum atomic E-state index is 13.1. The van der Waals surface area contributed by atoms with Gasteiger partial charge in [0.25, 0.3) is 0 Å². The van der Waals surface area contributed by atoms with Gasteiger partial charge in [-0.3, -0.25) is 37.3 Å². The predicted molar refractivity (Wildman–Crippen MR) is 391 cm³/mol. The molecule has 0 fully saturated rings. The Bertz CT molecular complexity index is 1880. The molecular weight excluding hydrogens is 1260 g/mol. The summed E-state index contributed by atoms with van der Waals surface area (Å²) in [6, 6.07) is 0. The average Bonchev–Trinajstić information content (AvgIpc) is 2.01. The molecule has 0 heterocycles. The van der Waals surface area contributed by atoms with Crippen LogP contribution in [-0.2, 0) is 65.4 Å². The van der Waals surface area contributed by atoms with Gasteiger partial charge in [-0.1, -0.05) is 338 Å². The second-order valence-corrected chi connectivity index (χ2v) is 32.6. The topological polar surface area (TPSA) is 237 Å². The van der Waals surface area contributed by atoms with Gasteiger partial charge in [-0.15, -0.1) is 0 Å². The molecule has 0 amide bonds. The molecule has 0 aliphatic rings. The summed E-state index contributed by atoms with van der Waals surface area (Å²) in [6.45, 7) is 14.1. The third kappa shape index (κ3) is 70.5. The molecule has 0 aliphatic carbocycles. The van der Waals surface area contributed by atoms with Crippen molar-refractivity contribution in [3.8, 4) is 0 Å². The molecule has 0 rings (SSSR count). The predicted octanol–water partition coefficient (Wildman–Crippen LogP) is 22.4. The fraction of sp³-hybridized carbons (Fsp3) is 0.948. The van der Waals surface area contributed by atoms with Crippen LogP contribution >= 0.6 is 15.6 Å². The highest BCUT2D eigenvalue weighted by Crippen LogP contribution is 2.45. The molecule has 96 heavy (non-hydrogen) atoms. The van der Waals surface area contributed by atoms with Crippen LogP contribution in [0, 0.1) is 23.7 Å². The van der Waals surface area contributed by atoms with E-state index in [4.69, 9.17) is 37.0 Å². The summed E-state index contributed by atoms with van der Waals surface area (Å²) >= 11 is 0. The highest BCUT2D eigenvalue weighted by Gasteiger charge is 2.30. The van der Waals surface area contributed by atoms with E-state index in [1.54, 1.807) is 0 Å². The lowest BCUT2D eigenvalue weighted by Crippen LogP contribution is -2.30. The van der Waals surface area contributed by atoms with Crippen LogP contribution in [0.2, 0.25) is 0 Å². The Labute approximate surface area is 588 Å². The molecular formula is C77H150O17P2. The van der Waals surface area contributed by atoms with Gasteiger partial charge in [0.05, 0.1) is 26.4 Å². The van der Waals surface area contributed by atoms with Gasteiger partial charge in [0.2, 0.25) is 0 Å². The van der Waals surface area contributed by atoms with E-state index in [0.717, 1.165) is 108 Å². The van der Waals surface area contributed by atoms with Crippen molar-refractivity contribution in [2.24, 2.45) is 23.7 Å². The zero-order chi connectivity index (χ0) is 71.0. The van der Waals surface area contributed by atoms with E-state index in [1.165, 1.54) is 186 Å². The molecule has 570 valence electrons. The van der Waals surface area contributed by atoms with E-state index in [0.29, 0.717) is 37.5 Å². The molecule has 3 unspecified atom stereocenters. The smallest absolute Gasteiger partial charge is 0.462 e. The molecule has 0 radical (unpaired) electrons. The summed E-state index contributed by atoms with van der Waals surface area (Å²) in [7, 11) is -9.91. The minimum absolute atomic E-state index is 0.103. The van der Waals surface area contributed by atoms with Crippen molar-refractivity contribution in [2.75, 3.05) is 39.6 Å². The summed E-state index contributed by atoms with van der Waals surface area (Å²) in [5, 5.41) is 10.6. The van der Waals surface area contributed by atoms with Gasteiger partial charge >= 0.3 is 39.5 Å². The highest BCUT2D eigenvalue weighted by atomic mass is 31.2. The lowest BCUT2D eigenvalue weighted by atomic mass is 10.0. The number of phosphoric acid groups is 2. The van der Waals surface area contributed by atoms with Crippen LogP contribution in [-0.4, -0.2) is 96.7 Å². The Hall–Kier alpha value is -1.94. The van der Waals surface area contributed by atoms with Crippen molar-refractivity contribution >= 4 is 39.5 Å². The minimum atomic E-state index is -4.96. The fourth-order valence-corrected chi connectivity index (χ4v) is 13.3. The molecule has 0 saturated heterocycles. The summed E-state index contributed by atoms with van der Waals surface area (Å²) in [5.74, 6) is 0.886. The summed E-state index contributed by atoms with van der Waals surface area (Å²) < 4.78 is 68.5. The molecule has 0 aromatic rings. The minimum Gasteiger partial charge on any atom is -0.462 e. The van der Waals surface area contributed by atoms with Crippen LogP contribution in [0.3, 0.4) is 0 Å². The van der Waals surface area contributed by atoms with Crippen molar-refractivity contribution in [3.05, 3.63) is 0 Å². The Morgan fingerprint density at radius 2 is 0.438 bits per heavy atom. The first-order chi connectivity index (χ1) is 46.1. The van der Waals surface area contributed by atoms with Gasteiger partial charge in [0.1, 0.15) is 19.3 Å². The largest absolute Gasteiger partial charge is 0.472 e. The second-order valence-electron chi connectivity index (χ2n) is 29.7. The number of aliphatic hydroxyl groups excluding tert-OH is 1. The lowest BCUT2D eigenvalue weighted by Gasteiger charge is -2.21. The van der Waals surface area contributed by atoms with Crippen molar-refractivity contribution in [1.29, 1.82) is 0 Å². The summed E-state index contributed by atoms with van der Waals surface area (Å²) in [4.78, 5) is 72.8. The van der Waals surface area contributed by atoms with Crippen LogP contribution in [0.25, 0.3) is 0 Å². The number of phosphoric ester groups is 2. The molecule has 5 atom stereocenters. The summed E-state index contributed by atoms with van der Waals surface area (Å²) in [5.41, 5.74) is 0. The molecule has 17 nitrogen and oxygen atoms in total. The molecule has 0 spiro atoms. The monoisotopic (exact) mass is 1410 g/mol. The van der Waals surface area contributed by atoms with Crippen LogP contribution in [0.4, 0.5) is 0 Å². The van der Waals surface area contributed by atoms with Crippen molar-refractivity contribution in [2.45, 2.75) is 408 Å². The van der Waals surface area contributed by atoms with Gasteiger partial charge in [0.15, 0.2) is 12.2 Å². The number of carbonyl (C=O) groups is 4. The first-order valence-electron chi connectivity index (χ1n) is 39.7. The zero-order valence-electron chi connectivity index (χ0n) is 63.0. The normalized spacial score (nSPS) is 14.1. The lowest BCUT2D eigenvalue weighted by molar-refractivity contribution is -0.161. The first kappa shape index (κ1) is 94.1. The Morgan fingerprint density at radius 3 is 0.646 bits per heavy atom. The first-order valence-corrected chi connectivity index (χ1v) is 42.7. The molecule has 19 heteroatoms. The second kappa shape index (κ2) is 66.3. The van der Waals surface area contributed by atoms with E-state index in [2.05, 4.69) is 55.4 Å². The van der Waals surface area contributed by atoms with Gasteiger partial charge in [-0.05, 0) is 49.4 Å². The molecule has 0 bridgehead atoms. The molecule has 3 N–H and O–H groups in total. The van der Waals surface area contributed by atoms with Crippen LogP contribution in [0.1, 0.15) is 389 Å². The maximum absolute atomic E-state index is 13.1. The van der Waals surface area contributed by atoms with Gasteiger partial charge < -0.3 is 33.8 Å². The number of hydrogen-bond donors (Lipinski definition) is 3. The number of aliphatic hydroxyl groups is 1. The number of rotatable bonds is 74. The van der Waals surface area contributed by atoms with Crippen molar-refractivity contribution in [1.82, 2.24) is 0 Å². The maximum Gasteiger partial charge on any atom is 0.472 e. The highest BCUT2D eigenvalue weighted by molar-refractivity contribution is 7.47. The van der Waals surface area contributed by atoms with Crippen LogP contribution in [0.5, 0.6) is 0 Å². The molecule has 0 saturated carbocycles. The number of ether oxygens (including phenoxy) is 4. The van der Waals surface area contributed by atoms with Gasteiger partial charge in [-0.25, -0.2) is 9.13 Å². The van der Waals surface area contributed by atoms with Gasteiger partial charge in [-0.2, -0.15) is 0 Å². The Balaban J connectivity index is 5.17. The number of hydrogen-bond acceptors (Lipinski definition) is 15. The van der Waals surface area contributed by atoms with Crippen molar-refractivity contribution < 1.29 is 80.2 Å². The fourth-order valence-electron chi connectivity index (χ4n) is 11.7. The number of esters is 4. The van der Waals surface area contributed by atoms with Crippen molar-refractivity contribution in [3.63, 3.8) is 0 Å². The third-order valence-corrected chi connectivity index (χ3v) is 19.7. The molecule has 0 aliphatic heterocycles. The van der Waals surface area contributed by atoms with E-state index in [1.807, 2.05) is 0 Å². The quantitative estimate of drug-likeness (QED) is 0.0222. The van der Waals surface area contributed by atoms with Gasteiger partial charge in [0, 0.05) is 25.7 Å². The standard InChI is InChI=1S/C77H150O17P2/c1-67(2)53-45-37-29-23-19-15-11-9-10-12-18-22-26-34-43-51-59-76(81)93-72(64-88-75(80)58-50-42-35-27-31-39-47-55-69(5)6)65-91-95(83,84)89-61-71(78)62-90-96(85,86)92-66-73(94-77(82)60-52-44-36-28-32-40-48-56-70(7)8)63-87-74(79)57-49-41-33-25-21-17-14-13-16-20-24-30-38-46-54-68(3)4/h67-73,78H,9-66H2,1-8H3,(H,83,84)(H,85,86)/t71?,72-,73-/m1/s1. The van der Waals surface area contributed by atoms with Crippen LogP contribution < -0.4 is 0 Å². The average molecular weight is 1410 g/mol. The van der Waals surface area contributed by atoms with E-state index in [-0.39, 0.29) is 25.7 Å². The number of unbranched alkanes of at least 4 members (excludes halogenated alkanes) is 40. The van der Waals surface area contributed by atoms with E-state index < -0.39 is 97.5 Å².